The first-order chi connectivity index (χ1) is 13.7. The van der Waals surface area contributed by atoms with Gasteiger partial charge in [-0.2, -0.15) is 5.10 Å². The molecule has 0 atom stereocenters. The fourth-order valence-corrected chi connectivity index (χ4v) is 5.17. The Morgan fingerprint density at radius 1 is 0.964 bits per heavy atom. The van der Waals surface area contributed by atoms with Gasteiger partial charge in [-0.05, 0) is 83.1 Å². The molecule has 0 aromatic carbocycles. The zero-order valence-electron chi connectivity index (χ0n) is 16.7. The summed E-state index contributed by atoms with van der Waals surface area (Å²) in [5.74, 6) is 1.91. The van der Waals surface area contributed by atoms with Crippen LogP contribution in [-0.4, -0.2) is 25.8 Å². The van der Waals surface area contributed by atoms with Crippen LogP contribution in [0.15, 0.2) is 10.9 Å². The van der Waals surface area contributed by atoms with Gasteiger partial charge in [0.25, 0.3) is 5.56 Å². The third-order valence-electron chi connectivity index (χ3n) is 6.66. The number of aryl methyl sites for hydroxylation is 4. The fourth-order valence-electron chi connectivity index (χ4n) is 5.17. The lowest BCUT2D eigenvalue weighted by molar-refractivity contribution is 0.300. The summed E-state index contributed by atoms with van der Waals surface area (Å²) in [6, 6.07) is 2.50. The monoisotopic (exact) mass is 379 g/mol. The third-order valence-corrected chi connectivity index (χ3v) is 6.66. The molecule has 1 saturated carbocycles. The van der Waals surface area contributed by atoms with E-state index in [0.717, 1.165) is 68.7 Å². The lowest BCUT2D eigenvalue weighted by Crippen LogP contribution is -2.34. The minimum absolute atomic E-state index is 0.0845. The number of rotatable bonds is 3. The van der Waals surface area contributed by atoms with Crippen molar-refractivity contribution in [1.82, 2.24) is 19.7 Å². The number of hydrogen-bond acceptors (Lipinski definition) is 5. The van der Waals surface area contributed by atoms with Gasteiger partial charge in [0, 0.05) is 23.4 Å². The van der Waals surface area contributed by atoms with Crippen molar-refractivity contribution in [3.05, 3.63) is 44.8 Å². The zero-order valence-corrected chi connectivity index (χ0v) is 16.7. The van der Waals surface area contributed by atoms with E-state index in [-0.39, 0.29) is 11.6 Å². The molecular formula is C22H29N5O. The van der Waals surface area contributed by atoms with Gasteiger partial charge in [0.05, 0.1) is 11.7 Å². The van der Waals surface area contributed by atoms with E-state index in [1.54, 1.807) is 4.68 Å². The molecule has 0 spiro atoms. The molecule has 3 aliphatic rings. The van der Waals surface area contributed by atoms with Crippen molar-refractivity contribution in [2.75, 3.05) is 5.32 Å². The van der Waals surface area contributed by atoms with Gasteiger partial charge in [-0.3, -0.25) is 4.79 Å². The van der Waals surface area contributed by atoms with Crippen LogP contribution in [0.5, 0.6) is 0 Å². The molecule has 1 N–H and O–H groups in total. The van der Waals surface area contributed by atoms with Crippen LogP contribution in [0.3, 0.4) is 0 Å². The topological polar surface area (TPSA) is 72.7 Å². The number of nitrogens with zero attached hydrogens (tertiary/aromatic N) is 4. The standard InChI is InChI=1S/C22H29N5O/c1-14-23-20-8-4-6-18(20)22(24-14)25-16-9-11-17(12-10-16)27-21(28)13-15-5-2-3-7-19(15)26-27/h13,16-17H,2-12H2,1H3,(H,23,24,25). The Morgan fingerprint density at radius 3 is 2.61 bits per heavy atom. The maximum Gasteiger partial charge on any atom is 0.267 e. The highest BCUT2D eigenvalue weighted by atomic mass is 16.1. The van der Waals surface area contributed by atoms with Gasteiger partial charge < -0.3 is 5.32 Å². The lowest BCUT2D eigenvalue weighted by Gasteiger charge is -2.31. The smallest absolute Gasteiger partial charge is 0.267 e. The predicted molar refractivity (Wildman–Crippen MR) is 109 cm³/mol. The minimum atomic E-state index is 0.0845. The van der Waals surface area contributed by atoms with Gasteiger partial charge >= 0.3 is 0 Å². The van der Waals surface area contributed by atoms with Crippen LogP contribution in [0, 0.1) is 6.92 Å². The molecule has 0 unspecified atom stereocenters. The number of anilines is 1. The van der Waals surface area contributed by atoms with Crippen LogP contribution in [0.2, 0.25) is 0 Å². The third kappa shape index (κ3) is 3.33. The lowest BCUT2D eigenvalue weighted by atomic mass is 9.90. The molecule has 0 amide bonds. The molecule has 0 bridgehead atoms. The maximum absolute atomic E-state index is 12.6. The average Bonchev–Trinajstić information content (AvgIpc) is 3.17. The van der Waals surface area contributed by atoms with Crippen molar-refractivity contribution in [2.24, 2.45) is 0 Å². The van der Waals surface area contributed by atoms with Crippen molar-refractivity contribution < 1.29 is 0 Å². The van der Waals surface area contributed by atoms with Crippen molar-refractivity contribution >= 4 is 5.82 Å². The van der Waals surface area contributed by atoms with E-state index >= 15 is 0 Å². The minimum Gasteiger partial charge on any atom is -0.367 e. The Labute approximate surface area is 165 Å². The Bertz CT molecular complexity index is 943. The second-order valence-electron chi connectivity index (χ2n) is 8.65. The fraction of sp³-hybridized carbons (Fsp3) is 0.636. The summed E-state index contributed by atoms with van der Waals surface area (Å²) in [7, 11) is 0. The van der Waals surface area contributed by atoms with Crippen LogP contribution < -0.4 is 10.9 Å². The highest BCUT2D eigenvalue weighted by Crippen LogP contribution is 2.32. The molecular weight excluding hydrogens is 350 g/mol. The molecule has 6 heteroatoms. The second-order valence-corrected chi connectivity index (χ2v) is 8.65. The van der Waals surface area contributed by atoms with Gasteiger partial charge in [-0.15, -0.1) is 0 Å². The zero-order chi connectivity index (χ0) is 19.1. The molecule has 2 heterocycles. The van der Waals surface area contributed by atoms with Crippen molar-refractivity contribution in [3.8, 4) is 0 Å². The first-order valence-electron chi connectivity index (χ1n) is 10.9. The molecule has 5 rings (SSSR count). The first kappa shape index (κ1) is 17.8. The number of fused-ring (bicyclic) bond motifs is 2. The number of nitrogens with one attached hydrogen (secondary N) is 1. The largest absolute Gasteiger partial charge is 0.367 e. The molecule has 148 valence electrons. The molecule has 28 heavy (non-hydrogen) atoms. The maximum atomic E-state index is 12.6. The van der Waals surface area contributed by atoms with Crippen LogP contribution in [0.1, 0.15) is 79.3 Å². The van der Waals surface area contributed by atoms with Crippen molar-refractivity contribution in [3.63, 3.8) is 0 Å². The van der Waals surface area contributed by atoms with E-state index in [4.69, 9.17) is 5.10 Å². The Morgan fingerprint density at radius 2 is 1.75 bits per heavy atom. The van der Waals surface area contributed by atoms with E-state index in [1.165, 1.54) is 36.1 Å². The average molecular weight is 380 g/mol. The van der Waals surface area contributed by atoms with Crippen molar-refractivity contribution in [2.45, 2.75) is 89.6 Å². The Balaban J connectivity index is 1.28. The molecule has 0 aliphatic heterocycles. The highest BCUT2D eigenvalue weighted by Gasteiger charge is 2.27. The van der Waals surface area contributed by atoms with Crippen LogP contribution in [-0.2, 0) is 25.7 Å². The molecule has 2 aromatic rings. The van der Waals surface area contributed by atoms with E-state index in [9.17, 15) is 4.79 Å². The van der Waals surface area contributed by atoms with E-state index in [0.29, 0.717) is 6.04 Å². The van der Waals surface area contributed by atoms with Crippen LogP contribution in [0.25, 0.3) is 0 Å². The first-order valence-corrected chi connectivity index (χ1v) is 10.9. The predicted octanol–water partition coefficient (Wildman–Crippen LogP) is 3.31. The van der Waals surface area contributed by atoms with Crippen LogP contribution in [0.4, 0.5) is 5.82 Å². The van der Waals surface area contributed by atoms with Gasteiger partial charge in [-0.25, -0.2) is 14.6 Å². The number of hydrogen-bond donors (Lipinski definition) is 1. The number of aromatic nitrogens is 4. The second kappa shape index (κ2) is 7.30. The summed E-state index contributed by atoms with van der Waals surface area (Å²) >= 11 is 0. The molecule has 0 radical (unpaired) electrons. The van der Waals surface area contributed by atoms with Crippen LogP contribution >= 0.6 is 0 Å². The molecule has 0 saturated heterocycles. The highest BCUT2D eigenvalue weighted by molar-refractivity contribution is 5.49. The SMILES string of the molecule is Cc1nc2c(c(NC3CCC(n4nc5c(cc4=O)CCCC5)CC3)n1)CCC2. The molecule has 1 fully saturated rings. The Kier molecular flexibility index (Phi) is 4.65. The summed E-state index contributed by atoms with van der Waals surface area (Å²) in [4.78, 5) is 21.9. The van der Waals surface area contributed by atoms with E-state index < -0.39 is 0 Å². The van der Waals surface area contributed by atoms with Gasteiger partial charge in [0.2, 0.25) is 0 Å². The van der Waals surface area contributed by atoms with Gasteiger partial charge in [0.15, 0.2) is 0 Å². The Hall–Kier alpha value is -2.24. The molecule has 6 nitrogen and oxygen atoms in total. The molecule has 3 aliphatic carbocycles. The summed E-state index contributed by atoms with van der Waals surface area (Å²) in [5, 5.41) is 8.47. The van der Waals surface area contributed by atoms with E-state index in [2.05, 4.69) is 15.3 Å². The quantitative estimate of drug-likeness (QED) is 0.886. The summed E-state index contributed by atoms with van der Waals surface area (Å²) < 4.78 is 1.78. The van der Waals surface area contributed by atoms with Gasteiger partial charge in [-0.1, -0.05) is 0 Å². The normalized spacial score (nSPS) is 23.9. The molecule has 2 aromatic heterocycles. The summed E-state index contributed by atoms with van der Waals surface area (Å²) in [6.07, 6.45) is 11.8. The van der Waals surface area contributed by atoms with Crippen molar-refractivity contribution in [1.29, 1.82) is 0 Å². The van der Waals surface area contributed by atoms with Gasteiger partial charge in [0.1, 0.15) is 11.6 Å². The summed E-state index contributed by atoms with van der Waals surface area (Å²) in [6.45, 7) is 1.98. The van der Waals surface area contributed by atoms with E-state index in [1.807, 2.05) is 13.0 Å². The summed E-state index contributed by atoms with van der Waals surface area (Å²) in [5.41, 5.74) is 4.96.